The van der Waals surface area contributed by atoms with Crippen LogP contribution in [0.25, 0.3) is 21.0 Å². The smallest absolute Gasteiger partial charge is 0.279 e. The summed E-state index contributed by atoms with van der Waals surface area (Å²) in [5, 5.41) is 2.32. The van der Waals surface area contributed by atoms with E-state index in [1.807, 2.05) is 19.1 Å². The summed E-state index contributed by atoms with van der Waals surface area (Å²) < 4.78 is 19.9. The summed E-state index contributed by atoms with van der Waals surface area (Å²) in [6.45, 7) is 4.79. The van der Waals surface area contributed by atoms with Crippen molar-refractivity contribution in [1.29, 1.82) is 0 Å². The molecule has 0 fully saturated rings. The highest BCUT2D eigenvalue weighted by molar-refractivity contribution is 7.17. The topological polar surface area (TPSA) is 62.1 Å². The Bertz CT molecular complexity index is 1340. The molecular weight excluding hydrogens is 412 g/mol. The summed E-state index contributed by atoms with van der Waals surface area (Å²) in [6, 6.07) is 17.6. The van der Waals surface area contributed by atoms with Crippen LogP contribution in [0.2, 0.25) is 0 Å². The fraction of sp³-hybridized carbons (Fsp3) is 0.250. The number of carbonyl (C=O) groups excluding carboxylic acids is 1. The predicted molar refractivity (Wildman–Crippen MR) is 121 cm³/mol. The van der Waals surface area contributed by atoms with Gasteiger partial charge in [-0.15, -0.1) is 0 Å². The van der Waals surface area contributed by atoms with Crippen molar-refractivity contribution in [3.05, 3.63) is 65.0 Å². The second-order valence-electron chi connectivity index (χ2n) is 7.14. The first kappa shape index (κ1) is 19.8. The van der Waals surface area contributed by atoms with Gasteiger partial charge in [-0.3, -0.25) is 4.79 Å². The van der Waals surface area contributed by atoms with Crippen molar-refractivity contribution in [1.82, 2.24) is 4.57 Å². The number of nitrogens with zero attached hydrogens (tertiary/aromatic N) is 2. The van der Waals surface area contributed by atoms with Crippen LogP contribution in [0.1, 0.15) is 17.3 Å². The van der Waals surface area contributed by atoms with Crippen molar-refractivity contribution in [2.45, 2.75) is 13.5 Å². The lowest BCUT2D eigenvalue weighted by atomic mass is 10.1. The highest BCUT2D eigenvalue weighted by atomic mass is 32.1. The first-order valence-corrected chi connectivity index (χ1v) is 11.1. The number of ether oxygens (including phenoxy) is 3. The lowest BCUT2D eigenvalue weighted by Crippen LogP contribution is -2.20. The Labute approximate surface area is 183 Å². The third-order valence-electron chi connectivity index (χ3n) is 5.22. The standard InChI is InChI=1S/C24H22N2O4S/c1-2-28-12-11-26-19-9-7-16-5-3-4-6-18(16)22(19)31-24(26)25-23(27)17-8-10-20-21(15-17)30-14-13-29-20/h3-10,15H,2,11-14H2,1H3. The molecule has 0 atom stereocenters. The molecule has 0 spiro atoms. The second-order valence-corrected chi connectivity index (χ2v) is 8.12. The molecule has 2 heterocycles. The Morgan fingerprint density at radius 3 is 2.81 bits per heavy atom. The molecule has 1 aromatic heterocycles. The van der Waals surface area contributed by atoms with Gasteiger partial charge in [-0.25, -0.2) is 0 Å². The third kappa shape index (κ3) is 3.82. The van der Waals surface area contributed by atoms with E-state index in [9.17, 15) is 4.79 Å². The minimum absolute atomic E-state index is 0.307. The largest absolute Gasteiger partial charge is 0.486 e. The molecule has 1 amide bonds. The first-order valence-electron chi connectivity index (χ1n) is 10.3. The molecule has 6 nitrogen and oxygen atoms in total. The molecule has 7 heteroatoms. The molecule has 0 N–H and O–H groups in total. The van der Waals surface area contributed by atoms with Gasteiger partial charge in [0.15, 0.2) is 16.3 Å². The van der Waals surface area contributed by atoms with Crippen LogP contribution in [0.4, 0.5) is 0 Å². The lowest BCUT2D eigenvalue weighted by Gasteiger charge is -2.18. The molecule has 158 valence electrons. The Balaban J connectivity index is 1.61. The molecule has 0 bridgehead atoms. The Morgan fingerprint density at radius 2 is 1.94 bits per heavy atom. The molecule has 1 aliphatic rings. The SMILES string of the molecule is CCOCCn1c(=NC(=O)c2ccc3c(c2)OCCO3)sc2c3ccccc3ccc21. The Kier molecular flexibility index (Phi) is 5.44. The number of rotatable bonds is 5. The molecule has 31 heavy (non-hydrogen) atoms. The molecule has 0 radical (unpaired) electrons. The summed E-state index contributed by atoms with van der Waals surface area (Å²) in [5.74, 6) is 0.930. The maximum Gasteiger partial charge on any atom is 0.279 e. The highest BCUT2D eigenvalue weighted by Gasteiger charge is 2.16. The zero-order chi connectivity index (χ0) is 21.2. The van der Waals surface area contributed by atoms with Gasteiger partial charge in [0.1, 0.15) is 13.2 Å². The van der Waals surface area contributed by atoms with Crippen LogP contribution >= 0.6 is 11.3 Å². The Hall–Kier alpha value is -3.16. The van der Waals surface area contributed by atoms with Gasteiger partial charge in [0.2, 0.25) is 0 Å². The van der Waals surface area contributed by atoms with Crippen LogP contribution < -0.4 is 14.3 Å². The van der Waals surface area contributed by atoms with Gasteiger partial charge in [-0.1, -0.05) is 41.7 Å². The normalized spacial score (nSPS) is 13.8. The highest BCUT2D eigenvalue weighted by Crippen LogP contribution is 2.31. The van der Waals surface area contributed by atoms with Crippen molar-refractivity contribution in [3.8, 4) is 11.5 Å². The van der Waals surface area contributed by atoms with Crippen molar-refractivity contribution >= 4 is 38.2 Å². The number of carbonyl (C=O) groups is 1. The van der Waals surface area contributed by atoms with E-state index in [2.05, 4.69) is 33.8 Å². The van der Waals surface area contributed by atoms with Crippen LogP contribution in [0.15, 0.2) is 59.6 Å². The second kappa shape index (κ2) is 8.53. The number of benzene rings is 3. The van der Waals surface area contributed by atoms with Gasteiger partial charge in [0.05, 0.1) is 16.8 Å². The predicted octanol–water partition coefficient (Wildman–Crippen LogP) is 4.40. The molecule has 5 rings (SSSR count). The quantitative estimate of drug-likeness (QED) is 0.437. The minimum Gasteiger partial charge on any atom is -0.486 e. The van der Waals surface area contributed by atoms with Gasteiger partial charge >= 0.3 is 0 Å². The van der Waals surface area contributed by atoms with Crippen LogP contribution in [0.3, 0.4) is 0 Å². The molecular formula is C24H22N2O4S. The van der Waals surface area contributed by atoms with E-state index in [-0.39, 0.29) is 5.91 Å². The van der Waals surface area contributed by atoms with E-state index < -0.39 is 0 Å². The summed E-state index contributed by atoms with van der Waals surface area (Å²) in [4.78, 5) is 18.2. The van der Waals surface area contributed by atoms with Crippen molar-refractivity contribution in [3.63, 3.8) is 0 Å². The zero-order valence-corrected chi connectivity index (χ0v) is 18.0. The molecule has 0 aliphatic carbocycles. The van der Waals surface area contributed by atoms with E-state index >= 15 is 0 Å². The van der Waals surface area contributed by atoms with Crippen LogP contribution in [-0.2, 0) is 11.3 Å². The van der Waals surface area contributed by atoms with Crippen molar-refractivity contribution in [2.75, 3.05) is 26.4 Å². The maximum absolute atomic E-state index is 13.0. The number of hydrogen-bond donors (Lipinski definition) is 0. The van der Waals surface area contributed by atoms with Gasteiger partial charge < -0.3 is 18.8 Å². The molecule has 0 saturated heterocycles. The van der Waals surface area contributed by atoms with Crippen LogP contribution in [0, 0.1) is 0 Å². The summed E-state index contributed by atoms with van der Waals surface area (Å²) >= 11 is 1.53. The van der Waals surface area contributed by atoms with E-state index in [4.69, 9.17) is 14.2 Å². The Morgan fingerprint density at radius 1 is 1.10 bits per heavy atom. The number of aromatic nitrogens is 1. The van der Waals surface area contributed by atoms with Crippen molar-refractivity contribution < 1.29 is 19.0 Å². The average Bonchev–Trinajstić information content (AvgIpc) is 3.16. The van der Waals surface area contributed by atoms with Crippen LogP contribution in [0.5, 0.6) is 11.5 Å². The fourth-order valence-corrected chi connectivity index (χ4v) is 4.92. The number of fused-ring (bicyclic) bond motifs is 4. The third-order valence-corrected chi connectivity index (χ3v) is 6.35. The van der Waals surface area contributed by atoms with Gasteiger partial charge in [0.25, 0.3) is 5.91 Å². The maximum atomic E-state index is 13.0. The van der Waals surface area contributed by atoms with E-state index in [0.717, 1.165) is 21.0 Å². The summed E-state index contributed by atoms with van der Waals surface area (Å²) in [7, 11) is 0. The summed E-state index contributed by atoms with van der Waals surface area (Å²) in [5.41, 5.74) is 1.53. The molecule has 0 saturated carbocycles. The molecule has 3 aromatic carbocycles. The van der Waals surface area contributed by atoms with Crippen LogP contribution in [-0.4, -0.2) is 36.9 Å². The number of hydrogen-bond acceptors (Lipinski definition) is 5. The molecule has 4 aromatic rings. The zero-order valence-electron chi connectivity index (χ0n) is 17.2. The molecule has 0 unspecified atom stereocenters. The number of amides is 1. The van der Waals surface area contributed by atoms with E-state index in [1.54, 1.807) is 18.2 Å². The fourth-order valence-electron chi connectivity index (χ4n) is 3.73. The van der Waals surface area contributed by atoms with Gasteiger partial charge in [0, 0.05) is 24.1 Å². The monoisotopic (exact) mass is 434 g/mol. The number of thiazole rings is 1. The van der Waals surface area contributed by atoms with Gasteiger partial charge in [-0.05, 0) is 36.6 Å². The van der Waals surface area contributed by atoms with Gasteiger partial charge in [-0.2, -0.15) is 4.99 Å². The van der Waals surface area contributed by atoms with Crippen molar-refractivity contribution in [2.24, 2.45) is 4.99 Å². The van der Waals surface area contributed by atoms with E-state index in [0.29, 0.717) is 54.8 Å². The first-order chi connectivity index (χ1) is 15.2. The lowest BCUT2D eigenvalue weighted by molar-refractivity contribution is 0.0995. The van der Waals surface area contributed by atoms with E-state index in [1.165, 1.54) is 11.3 Å². The minimum atomic E-state index is -0.307. The summed E-state index contributed by atoms with van der Waals surface area (Å²) in [6.07, 6.45) is 0. The average molecular weight is 435 g/mol. The molecule has 1 aliphatic heterocycles.